The molecular weight excluding hydrogens is 434 g/mol. The highest BCUT2D eigenvalue weighted by atomic mass is 32.1. The van der Waals surface area contributed by atoms with E-state index >= 15 is 0 Å². The molecule has 3 N–H and O–H groups in total. The zero-order valence-electron chi connectivity index (χ0n) is 18.5. The average molecular weight is 460 g/mol. The largest absolute Gasteiger partial charge is 0.356 e. The summed E-state index contributed by atoms with van der Waals surface area (Å²) in [4.78, 5) is 28.1. The van der Waals surface area contributed by atoms with E-state index in [-0.39, 0.29) is 11.8 Å². The smallest absolute Gasteiger partial charge is 0.275 e. The van der Waals surface area contributed by atoms with Crippen molar-refractivity contribution in [3.63, 3.8) is 0 Å². The summed E-state index contributed by atoms with van der Waals surface area (Å²) in [6.07, 6.45) is 1.79. The summed E-state index contributed by atoms with van der Waals surface area (Å²) in [6.45, 7) is 4.23. The van der Waals surface area contributed by atoms with Gasteiger partial charge in [-0.3, -0.25) is 20.0 Å². The van der Waals surface area contributed by atoms with Crippen LogP contribution in [0.5, 0.6) is 0 Å². The summed E-state index contributed by atoms with van der Waals surface area (Å²) < 4.78 is 0. The van der Waals surface area contributed by atoms with E-state index in [1.54, 1.807) is 6.07 Å². The predicted molar refractivity (Wildman–Crippen MR) is 131 cm³/mol. The van der Waals surface area contributed by atoms with Crippen LogP contribution >= 0.6 is 11.3 Å². The molecule has 2 aromatic carbocycles. The van der Waals surface area contributed by atoms with Crippen molar-refractivity contribution in [2.45, 2.75) is 26.7 Å². The molecule has 2 aromatic heterocycles. The lowest BCUT2D eigenvalue weighted by atomic mass is 10.1. The maximum atomic E-state index is 12.6. The molecule has 33 heavy (non-hydrogen) atoms. The Kier molecular flexibility index (Phi) is 6.95. The topological polar surface area (TPSA) is 99.8 Å². The summed E-state index contributed by atoms with van der Waals surface area (Å²) in [6, 6.07) is 17.9. The van der Waals surface area contributed by atoms with E-state index in [1.807, 2.05) is 48.7 Å². The zero-order valence-corrected chi connectivity index (χ0v) is 19.3. The van der Waals surface area contributed by atoms with Gasteiger partial charge in [0.2, 0.25) is 5.91 Å². The van der Waals surface area contributed by atoms with Crippen molar-refractivity contribution >= 4 is 28.3 Å². The Morgan fingerprint density at radius 3 is 2.42 bits per heavy atom. The SMILES string of the molecule is CC(=O)NCCCc1ccc(-c2csc(NC(=O)c3cc(-c4ccc(C)cc4)n[nH]3)n2)cc1. The molecule has 4 aromatic rings. The Bertz CT molecular complexity index is 1240. The van der Waals surface area contributed by atoms with Crippen molar-refractivity contribution in [2.24, 2.45) is 0 Å². The molecule has 0 saturated heterocycles. The number of aromatic nitrogens is 3. The standard InChI is InChI=1S/C25H25N5O2S/c1-16-5-9-19(10-6-16)21-14-22(30-29-21)24(32)28-25-27-23(15-33-25)20-11-7-18(8-12-20)4-3-13-26-17(2)31/h5-12,14-15H,3-4,13H2,1-2H3,(H,26,31)(H,29,30)(H,27,28,32). The summed E-state index contributed by atoms with van der Waals surface area (Å²) in [5.41, 5.74) is 6.22. The van der Waals surface area contributed by atoms with E-state index in [1.165, 1.54) is 29.4 Å². The molecule has 2 amide bonds. The van der Waals surface area contributed by atoms with Crippen LogP contribution in [0, 0.1) is 6.92 Å². The second-order valence-electron chi connectivity index (χ2n) is 7.81. The second kappa shape index (κ2) is 10.2. The Morgan fingerprint density at radius 2 is 1.70 bits per heavy atom. The van der Waals surface area contributed by atoms with E-state index in [0.717, 1.165) is 35.4 Å². The third-order valence-corrected chi connectivity index (χ3v) is 5.92. The zero-order chi connectivity index (χ0) is 23.2. The molecule has 2 heterocycles. The number of thiazole rings is 1. The van der Waals surface area contributed by atoms with Gasteiger partial charge in [-0.25, -0.2) is 4.98 Å². The van der Waals surface area contributed by atoms with E-state index in [0.29, 0.717) is 17.4 Å². The van der Waals surface area contributed by atoms with Crippen LogP contribution in [0.1, 0.15) is 35.0 Å². The molecular formula is C25H25N5O2S. The van der Waals surface area contributed by atoms with Crippen LogP contribution in [0.2, 0.25) is 0 Å². The van der Waals surface area contributed by atoms with E-state index < -0.39 is 0 Å². The van der Waals surface area contributed by atoms with Crippen LogP contribution in [-0.4, -0.2) is 33.5 Å². The number of aromatic amines is 1. The number of hydrogen-bond donors (Lipinski definition) is 3. The van der Waals surface area contributed by atoms with Crippen molar-refractivity contribution in [1.82, 2.24) is 20.5 Å². The van der Waals surface area contributed by atoms with Gasteiger partial charge in [0.15, 0.2) is 5.13 Å². The van der Waals surface area contributed by atoms with Crippen molar-refractivity contribution in [1.29, 1.82) is 0 Å². The fourth-order valence-corrected chi connectivity index (χ4v) is 4.05. The first-order valence-corrected chi connectivity index (χ1v) is 11.6. The number of aryl methyl sites for hydroxylation is 2. The Morgan fingerprint density at radius 1 is 1.00 bits per heavy atom. The molecule has 0 atom stereocenters. The first-order chi connectivity index (χ1) is 16.0. The number of amides is 2. The molecule has 7 nitrogen and oxygen atoms in total. The van der Waals surface area contributed by atoms with Crippen LogP contribution in [0.25, 0.3) is 22.5 Å². The average Bonchev–Trinajstić information content (AvgIpc) is 3.48. The van der Waals surface area contributed by atoms with Crippen molar-refractivity contribution < 1.29 is 9.59 Å². The summed E-state index contributed by atoms with van der Waals surface area (Å²) in [5.74, 6) is -0.285. The summed E-state index contributed by atoms with van der Waals surface area (Å²) in [5, 5.41) is 15.2. The van der Waals surface area contributed by atoms with E-state index in [2.05, 4.69) is 37.9 Å². The van der Waals surface area contributed by atoms with Crippen LogP contribution in [0.3, 0.4) is 0 Å². The van der Waals surface area contributed by atoms with Gasteiger partial charge in [0.05, 0.1) is 11.4 Å². The normalized spacial score (nSPS) is 10.7. The molecule has 0 radical (unpaired) electrons. The molecule has 168 valence electrons. The molecule has 8 heteroatoms. The molecule has 4 rings (SSSR count). The monoisotopic (exact) mass is 459 g/mol. The minimum Gasteiger partial charge on any atom is -0.356 e. The second-order valence-corrected chi connectivity index (χ2v) is 8.67. The molecule has 0 spiro atoms. The van der Waals surface area contributed by atoms with E-state index in [9.17, 15) is 9.59 Å². The first kappa shape index (κ1) is 22.4. The molecule has 0 aliphatic rings. The fraction of sp³-hybridized carbons (Fsp3) is 0.200. The lowest BCUT2D eigenvalue weighted by molar-refractivity contribution is -0.118. The highest BCUT2D eigenvalue weighted by Crippen LogP contribution is 2.26. The van der Waals surface area contributed by atoms with Crippen LogP contribution in [0.4, 0.5) is 5.13 Å². The third-order valence-electron chi connectivity index (χ3n) is 5.16. The van der Waals surface area contributed by atoms with Crippen LogP contribution in [0.15, 0.2) is 60.0 Å². The Hall–Kier alpha value is -3.78. The van der Waals surface area contributed by atoms with Gasteiger partial charge in [-0.1, -0.05) is 54.1 Å². The highest BCUT2D eigenvalue weighted by Gasteiger charge is 2.14. The van der Waals surface area contributed by atoms with Crippen molar-refractivity contribution in [2.75, 3.05) is 11.9 Å². The van der Waals surface area contributed by atoms with Gasteiger partial charge in [-0.2, -0.15) is 5.10 Å². The van der Waals surface area contributed by atoms with Gasteiger partial charge in [0.1, 0.15) is 5.69 Å². The number of benzene rings is 2. The molecule has 0 aliphatic carbocycles. The lowest BCUT2D eigenvalue weighted by Gasteiger charge is -2.04. The molecule has 0 unspecified atom stereocenters. The summed E-state index contributed by atoms with van der Waals surface area (Å²) >= 11 is 1.38. The molecule has 0 fully saturated rings. The Labute approximate surface area is 196 Å². The number of hydrogen-bond acceptors (Lipinski definition) is 5. The first-order valence-electron chi connectivity index (χ1n) is 10.7. The molecule has 0 saturated carbocycles. The molecule has 0 aliphatic heterocycles. The number of H-pyrrole nitrogens is 1. The van der Waals surface area contributed by atoms with Crippen LogP contribution in [-0.2, 0) is 11.2 Å². The Balaban J connectivity index is 1.35. The fourth-order valence-electron chi connectivity index (χ4n) is 3.34. The van der Waals surface area contributed by atoms with E-state index in [4.69, 9.17) is 0 Å². The van der Waals surface area contributed by atoms with Crippen molar-refractivity contribution in [3.05, 3.63) is 76.8 Å². The molecule has 0 bridgehead atoms. The quantitative estimate of drug-likeness (QED) is 0.329. The third kappa shape index (κ3) is 5.93. The van der Waals surface area contributed by atoms with Gasteiger partial charge < -0.3 is 5.32 Å². The number of carbonyl (C=O) groups excluding carboxylic acids is 2. The minimum absolute atomic E-state index is 0.00369. The van der Waals surface area contributed by atoms with Crippen LogP contribution < -0.4 is 10.6 Å². The maximum absolute atomic E-state index is 12.6. The van der Waals surface area contributed by atoms with Gasteiger partial charge in [-0.05, 0) is 31.4 Å². The van der Waals surface area contributed by atoms with Gasteiger partial charge in [0.25, 0.3) is 5.91 Å². The van der Waals surface area contributed by atoms with Gasteiger partial charge in [-0.15, -0.1) is 11.3 Å². The van der Waals surface area contributed by atoms with Gasteiger partial charge in [0, 0.05) is 30.0 Å². The number of anilines is 1. The lowest BCUT2D eigenvalue weighted by Crippen LogP contribution is -2.21. The minimum atomic E-state index is -0.281. The number of rotatable bonds is 8. The van der Waals surface area contributed by atoms with Crippen molar-refractivity contribution in [3.8, 4) is 22.5 Å². The number of carbonyl (C=O) groups is 2. The van der Waals surface area contributed by atoms with Gasteiger partial charge >= 0.3 is 0 Å². The maximum Gasteiger partial charge on any atom is 0.275 e. The highest BCUT2D eigenvalue weighted by molar-refractivity contribution is 7.14. The number of nitrogens with zero attached hydrogens (tertiary/aromatic N) is 2. The summed E-state index contributed by atoms with van der Waals surface area (Å²) in [7, 11) is 0. The predicted octanol–water partition coefficient (Wildman–Crippen LogP) is 4.83. The number of nitrogens with one attached hydrogen (secondary N) is 3.